The molecule has 0 N–H and O–H groups in total. The molecule has 0 fully saturated rings. The molecule has 0 aliphatic heterocycles. The fourth-order valence-electron chi connectivity index (χ4n) is 1.74. The predicted octanol–water partition coefficient (Wildman–Crippen LogP) is 4.92. The largest absolute Gasteiger partial charge is 0.490 e. The number of halogens is 2. The third-order valence-electron chi connectivity index (χ3n) is 2.62. The monoisotopic (exact) mass is 280 g/mol. The van der Waals surface area contributed by atoms with Gasteiger partial charge in [0.2, 0.25) is 0 Å². The summed E-state index contributed by atoms with van der Waals surface area (Å²) in [7, 11) is 0. The summed E-state index contributed by atoms with van der Waals surface area (Å²) in [4.78, 5) is 0. The van der Waals surface area contributed by atoms with Crippen molar-refractivity contribution in [2.24, 2.45) is 0 Å². The molecule has 0 saturated carbocycles. The molecule has 1 nitrogen and oxygen atoms in total. The van der Waals surface area contributed by atoms with E-state index in [1.165, 1.54) is 5.56 Å². The summed E-state index contributed by atoms with van der Waals surface area (Å²) in [6.07, 6.45) is 0.835. The molecule has 0 unspecified atom stereocenters. The maximum absolute atomic E-state index is 6.11. The summed E-state index contributed by atoms with van der Waals surface area (Å²) in [6.45, 7) is 2.51. The van der Waals surface area contributed by atoms with E-state index in [0.29, 0.717) is 22.4 Å². The van der Waals surface area contributed by atoms with Crippen molar-refractivity contribution in [2.75, 3.05) is 6.61 Å². The second-order valence-electron chi connectivity index (χ2n) is 4.14. The van der Waals surface area contributed by atoms with Crippen LogP contribution < -0.4 is 4.74 Å². The molecule has 18 heavy (non-hydrogen) atoms. The Kier molecular flexibility index (Phi) is 4.51. The Labute approximate surface area is 117 Å². The first-order valence-electron chi connectivity index (χ1n) is 5.79. The molecule has 0 saturated heterocycles. The van der Waals surface area contributed by atoms with E-state index in [0.717, 1.165) is 12.0 Å². The van der Waals surface area contributed by atoms with E-state index in [-0.39, 0.29) is 0 Å². The summed E-state index contributed by atoms with van der Waals surface area (Å²) < 4.78 is 5.66. The van der Waals surface area contributed by atoms with Crippen LogP contribution in [-0.4, -0.2) is 6.61 Å². The van der Waals surface area contributed by atoms with Crippen molar-refractivity contribution in [2.45, 2.75) is 13.3 Å². The second-order valence-corrected chi connectivity index (χ2v) is 4.96. The van der Waals surface area contributed by atoms with Gasteiger partial charge in [-0.05, 0) is 30.2 Å². The molecule has 0 bridgehead atoms. The zero-order valence-corrected chi connectivity index (χ0v) is 11.6. The molecule has 3 heteroatoms. The molecule has 94 valence electrons. The van der Waals surface area contributed by atoms with E-state index >= 15 is 0 Å². The van der Waals surface area contributed by atoms with E-state index < -0.39 is 0 Å². The maximum Gasteiger partial charge on any atom is 0.156 e. The van der Waals surface area contributed by atoms with Gasteiger partial charge >= 0.3 is 0 Å². The molecule has 0 aliphatic carbocycles. The molecule has 0 atom stereocenters. The minimum atomic E-state index is 0.562. The molecule has 0 aliphatic rings. The maximum atomic E-state index is 6.11. The van der Waals surface area contributed by atoms with Crippen LogP contribution >= 0.6 is 23.2 Å². The number of benzene rings is 2. The van der Waals surface area contributed by atoms with Gasteiger partial charge in [-0.2, -0.15) is 0 Å². The molecular weight excluding hydrogens is 267 g/mol. The molecule has 0 heterocycles. The van der Waals surface area contributed by atoms with E-state index in [9.17, 15) is 0 Å². The zero-order valence-electron chi connectivity index (χ0n) is 10.1. The van der Waals surface area contributed by atoms with Gasteiger partial charge in [0.25, 0.3) is 0 Å². The number of aryl methyl sites for hydroxylation is 1. The summed E-state index contributed by atoms with van der Waals surface area (Å²) in [5, 5.41) is 1.13. The van der Waals surface area contributed by atoms with Gasteiger partial charge in [0.1, 0.15) is 0 Å². The highest BCUT2D eigenvalue weighted by Crippen LogP contribution is 2.34. The smallest absolute Gasteiger partial charge is 0.156 e. The van der Waals surface area contributed by atoms with Crippen molar-refractivity contribution >= 4 is 23.2 Å². The molecule has 0 spiro atoms. The molecule has 2 aromatic carbocycles. The fraction of sp³-hybridized carbons (Fsp3) is 0.200. The summed E-state index contributed by atoms with van der Waals surface area (Å²) >= 11 is 12.2. The van der Waals surface area contributed by atoms with Gasteiger partial charge in [-0.15, -0.1) is 0 Å². The predicted molar refractivity (Wildman–Crippen MR) is 76.8 cm³/mol. The lowest BCUT2D eigenvalue weighted by Gasteiger charge is -2.10. The van der Waals surface area contributed by atoms with Crippen LogP contribution in [0.2, 0.25) is 10.0 Å². The van der Waals surface area contributed by atoms with Crippen LogP contribution in [-0.2, 0) is 6.42 Å². The molecular formula is C15H14Cl2O. The SMILES string of the molecule is Cc1cc(Cl)c(OCCc2ccccc2)c(Cl)c1. The molecule has 0 aromatic heterocycles. The lowest BCUT2D eigenvalue weighted by Crippen LogP contribution is -2.02. The summed E-state index contributed by atoms with van der Waals surface area (Å²) in [5.41, 5.74) is 2.26. The van der Waals surface area contributed by atoms with Crippen molar-refractivity contribution in [3.8, 4) is 5.75 Å². The van der Waals surface area contributed by atoms with Crippen LogP contribution in [0.5, 0.6) is 5.75 Å². The van der Waals surface area contributed by atoms with Gasteiger partial charge in [0.05, 0.1) is 16.7 Å². The van der Waals surface area contributed by atoms with Gasteiger partial charge in [0, 0.05) is 6.42 Å². The highest BCUT2D eigenvalue weighted by atomic mass is 35.5. The Morgan fingerprint density at radius 3 is 2.22 bits per heavy atom. The normalized spacial score (nSPS) is 10.4. The van der Waals surface area contributed by atoms with E-state index in [2.05, 4.69) is 12.1 Å². The van der Waals surface area contributed by atoms with Crippen LogP contribution in [0.4, 0.5) is 0 Å². The first kappa shape index (κ1) is 13.3. The fourth-order valence-corrected chi connectivity index (χ4v) is 2.45. The van der Waals surface area contributed by atoms with Crippen LogP contribution in [0.25, 0.3) is 0 Å². The van der Waals surface area contributed by atoms with Crippen molar-refractivity contribution in [1.29, 1.82) is 0 Å². The lowest BCUT2D eigenvalue weighted by molar-refractivity contribution is 0.322. The van der Waals surface area contributed by atoms with Gasteiger partial charge in [-0.1, -0.05) is 53.5 Å². The summed E-state index contributed by atoms with van der Waals surface area (Å²) in [6, 6.07) is 13.9. The van der Waals surface area contributed by atoms with Gasteiger partial charge in [0.15, 0.2) is 5.75 Å². The standard InChI is InChI=1S/C15H14Cl2O/c1-11-9-13(16)15(14(17)10-11)18-8-7-12-5-3-2-4-6-12/h2-6,9-10H,7-8H2,1H3. The van der Waals surface area contributed by atoms with Crippen molar-refractivity contribution < 1.29 is 4.74 Å². The Bertz CT molecular complexity index is 500. The molecule has 2 rings (SSSR count). The van der Waals surface area contributed by atoms with Gasteiger partial charge < -0.3 is 4.74 Å². The Balaban J connectivity index is 1.99. The number of ether oxygens (including phenoxy) is 1. The van der Waals surface area contributed by atoms with Crippen LogP contribution in [0, 0.1) is 6.92 Å². The van der Waals surface area contributed by atoms with Crippen molar-refractivity contribution in [3.05, 3.63) is 63.6 Å². The Morgan fingerprint density at radius 2 is 1.61 bits per heavy atom. The van der Waals surface area contributed by atoms with Crippen molar-refractivity contribution in [1.82, 2.24) is 0 Å². The van der Waals surface area contributed by atoms with Crippen LogP contribution in [0.15, 0.2) is 42.5 Å². The topological polar surface area (TPSA) is 9.23 Å². The van der Waals surface area contributed by atoms with Crippen LogP contribution in [0.3, 0.4) is 0 Å². The number of hydrogen-bond acceptors (Lipinski definition) is 1. The molecule has 0 radical (unpaired) electrons. The highest BCUT2D eigenvalue weighted by molar-refractivity contribution is 6.37. The first-order chi connectivity index (χ1) is 8.66. The first-order valence-corrected chi connectivity index (χ1v) is 6.55. The number of rotatable bonds is 4. The van der Waals surface area contributed by atoms with E-state index in [1.54, 1.807) is 0 Å². The Hall–Kier alpha value is -1.18. The zero-order chi connectivity index (χ0) is 13.0. The van der Waals surface area contributed by atoms with E-state index in [4.69, 9.17) is 27.9 Å². The van der Waals surface area contributed by atoms with Crippen LogP contribution in [0.1, 0.15) is 11.1 Å². The average molecular weight is 281 g/mol. The minimum absolute atomic E-state index is 0.562. The molecule has 2 aromatic rings. The lowest BCUT2D eigenvalue weighted by atomic mass is 10.2. The van der Waals surface area contributed by atoms with Gasteiger partial charge in [-0.3, -0.25) is 0 Å². The van der Waals surface area contributed by atoms with Crippen molar-refractivity contribution in [3.63, 3.8) is 0 Å². The highest BCUT2D eigenvalue weighted by Gasteiger charge is 2.08. The number of hydrogen-bond donors (Lipinski definition) is 0. The van der Waals surface area contributed by atoms with Gasteiger partial charge in [-0.25, -0.2) is 0 Å². The minimum Gasteiger partial charge on any atom is -0.490 e. The summed E-state index contributed by atoms with van der Waals surface area (Å²) in [5.74, 6) is 0.569. The Morgan fingerprint density at radius 1 is 1.00 bits per heavy atom. The third-order valence-corrected chi connectivity index (χ3v) is 3.18. The quantitative estimate of drug-likeness (QED) is 0.772. The third kappa shape index (κ3) is 3.41. The molecule has 0 amide bonds. The average Bonchev–Trinajstić information content (AvgIpc) is 2.34. The second kappa shape index (κ2) is 6.12. The van der Waals surface area contributed by atoms with E-state index in [1.807, 2.05) is 37.3 Å².